The minimum atomic E-state index is -0.440. The van der Waals surface area contributed by atoms with E-state index in [2.05, 4.69) is 16.0 Å². The van der Waals surface area contributed by atoms with E-state index in [4.69, 9.17) is 4.74 Å². The van der Waals surface area contributed by atoms with Gasteiger partial charge in [-0.25, -0.2) is 9.18 Å². The fourth-order valence-corrected chi connectivity index (χ4v) is 2.69. The zero-order chi connectivity index (χ0) is 18.4. The molecule has 2 aromatic carbocycles. The number of anilines is 2. The fourth-order valence-electron chi connectivity index (χ4n) is 2.69. The highest BCUT2D eigenvalue weighted by Crippen LogP contribution is 2.16. The number of benzene rings is 2. The largest absolute Gasteiger partial charge is 0.368 e. The molecule has 3 amide bonds. The van der Waals surface area contributed by atoms with E-state index in [1.54, 1.807) is 24.3 Å². The number of carbonyl (C=O) groups is 2. The number of amides is 3. The number of rotatable bonds is 5. The van der Waals surface area contributed by atoms with Crippen molar-refractivity contribution in [2.45, 2.75) is 25.5 Å². The van der Waals surface area contributed by atoms with Crippen LogP contribution in [-0.4, -0.2) is 24.6 Å². The van der Waals surface area contributed by atoms with Crippen molar-refractivity contribution in [3.63, 3.8) is 0 Å². The third-order valence-corrected chi connectivity index (χ3v) is 3.95. The molecule has 1 heterocycles. The van der Waals surface area contributed by atoms with E-state index < -0.39 is 18.0 Å². The number of halogens is 1. The molecule has 0 spiro atoms. The summed E-state index contributed by atoms with van der Waals surface area (Å²) in [5.74, 6) is -0.575. The lowest BCUT2D eigenvalue weighted by Gasteiger charge is -2.12. The molecule has 1 atom stereocenters. The van der Waals surface area contributed by atoms with Gasteiger partial charge >= 0.3 is 6.03 Å². The Morgan fingerprint density at radius 2 is 1.85 bits per heavy atom. The molecule has 0 bridgehead atoms. The van der Waals surface area contributed by atoms with Crippen LogP contribution in [0.25, 0.3) is 0 Å². The van der Waals surface area contributed by atoms with E-state index >= 15 is 0 Å². The average molecular weight is 357 g/mol. The Morgan fingerprint density at radius 1 is 1.08 bits per heavy atom. The van der Waals surface area contributed by atoms with Gasteiger partial charge < -0.3 is 20.7 Å². The van der Waals surface area contributed by atoms with Crippen LogP contribution in [0.15, 0.2) is 48.5 Å². The minimum absolute atomic E-state index is 0.156. The van der Waals surface area contributed by atoms with Crippen LogP contribution >= 0.6 is 0 Å². The molecule has 0 unspecified atom stereocenters. The summed E-state index contributed by atoms with van der Waals surface area (Å²) in [6.45, 7) is 0.882. The molecule has 6 nitrogen and oxygen atoms in total. The quantitative estimate of drug-likeness (QED) is 0.768. The molecule has 1 aliphatic rings. The zero-order valence-corrected chi connectivity index (χ0v) is 14.1. The van der Waals surface area contributed by atoms with E-state index in [0.29, 0.717) is 18.0 Å². The Bertz CT molecular complexity index is 791. The first-order chi connectivity index (χ1) is 12.6. The third kappa shape index (κ3) is 5.03. The van der Waals surface area contributed by atoms with Gasteiger partial charge in [-0.3, -0.25) is 4.79 Å². The van der Waals surface area contributed by atoms with E-state index in [1.165, 1.54) is 18.2 Å². The molecule has 2 aromatic rings. The number of ether oxygens (including phenoxy) is 1. The van der Waals surface area contributed by atoms with Gasteiger partial charge in [-0.05, 0) is 48.7 Å². The van der Waals surface area contributed by atoms with Crippen LogP contribution in [0.2, 0.25) is 0 Å². The van der Waals surface area contributed by atoms with Crippen LogP contribution in [0.4, 0.5) is 20.6 Å². The summed E-state index contributed by atoms with van der Waals surface area (Å²) >= 11 is 0. The highest BCUT2D eigenvalue weighted by atomic mass is 19.1. The highest BCUT2D eigenvalue weighted by molar-refractivity contribution is 5.94. The molecular weight excluding hydrogens is 337 g/mol. The van der Waals surface area contributed by atoms with Crippen molar-refractivity contribution in [1.82, 2.24) is 5.32 Å². The molecule has 0 aromatic heterocycles. The highest BCUT2D eigenvalue weighted by Gasteiger charge is 2.23. The van der Waals surface area contributed by atoms with Gasteiger partial charge in [0.25, 0.3) is 5.91 Å². The minimum Gasteiger partial charge on any atom is -0.368 e. The molecule has 0 aliphatic carbocycles. The standard InChI is InChI=1S/C19H20FN3O3/c20-14-5-2-7-16(11-14)23-19(25)21-12-13-4-1-6-15(10-13)22-18(24)17-8-3-9-26-17/h1-2,4-7,10-11,17H,3,8-9,12H2,(H,22,24)(H2,21,23,25)/t17-/m0/s1. The molecule has 1 aliphatic heterocycles. The van der Waals surface area contributed by atoms with Crippen LogP contribution in [0.5, 0.6) is 0 Å². The number of hydrogen-bond donors (Lipinski definition) is 3. The van der Waals surface area contributed by atoms with Crippen molar-refractivity contribution >= 4 is 23.3 Å². The van der Waals surface area contributed by atoms with Gasteiger partial charge in [0.05, 0.1) is 0 Å². The second-order valence-electron chi connectivity index (χ2n) is 6.01. The predicted octanol–water partition coefficient (Wildman–Crippen LogP) is 3.26. The lowest BCUT2D eigenvalue weighted by atomic mass is 10.2. The Hall–Kier alpha value is -2.93. The van der Waals surface area contributed by atoms with Crippen molar-refractivity contribution < 1.29 is 18.7 Å². The first-order valence-corrected chi connectivity index (χ1v) is 8.42. The summed E-state index contributed by atoms with van der Waals surface area (Å²) in [5.41, 5.74) is 1.85. The molecule has 1 saturated heterocycles. The summed E-state index contributed by atoms with van der Waals surface area (Å²) in [6, 6.07) is 12.4. The summed E-state index contributed by atoms with van der Waals surface area (Å²) in [7, 11) is 0. The molecule has 7 heteroatoms. The molecule has 3 rings (SSSR count). The van der Waals surface area contributed by atoms with Gasteiger partial charge in [0, 0.05) is 24.5 Å². The summed E-state index contributed by atoms with van der Waals surface area (Å²) in [6.07, 6.45) is 1.23. The zero-order valence-electron chi connectivity index (χ0n) is 14.1. The van der Waals surface area contributed by atoms with E-state index in [1.807, 2.05) is 6.07 Å². The molecule has 1 fully saturated rings. The summed E-state index contributed by atoms with van der Waals surface area (Å²) in [5, 5.41) is 8.08. The Kier molecular flexibility index (Phi) is 5.80. The van der Waals surface area contributed by atoms with Crippen molar-refractivity contribution in [2.24, 2.45) is 0 Å². The molecule has 0 radical (unpaired) electrons. The molecule has 136 valence electrons. The first kappa shape index (κ1) is 17.9. The van der Waals surface area contributed by atoms with Crippen LogP contribution in [0.3, 0.4) is 0 Å². The number of urea groups is 1. The predicted molar refractivity (Wildman–Crippen MR) is 96.3 cm³/mol. The van der Waals surface area contributed by atoms with Crippen molar-refractivity contribution in [3.8, 4) is 0 Å². The second kappa shape index (κ2) is 8.44. The van der Waals surface area contributed by atoms with Crippen LogP contribution in [0.1, 0.15) is 18.4 Å². The maximum absolute atomic E-state index is 13.1. The second-order valence-corrected chi connectivity index (χ2v) is 6.01. The van der Waals surface area contributed by atoms with Crippen LogP contribution in [-0.2, 0) is 16.1 Å². The van der Waals surface area contributed by atoms with E-state index in [0.717, 1.165) is 18.4 Å². The van der Waals surface area contributed by atoms with Gasteiger partial charge in [0.15, 0.2) is 0 Å². The van der Waals surface area contributed by atoms with Gasteiger partial charge in [-0.15, -0.1) is 0 Å². The van der Waals surface area contributed by atoms with Gasteiger partial charge in [0.2, 0.25) is 0 Å². The molecule has 0 saturated carbocycles. The number of carbonyl (C=O) groups excluding carboxylic acids is 2. The smallest absolute Gasteiger partial charge is 0.319 e. The van der Waals surface area contributed by atoms with Gasteiger partial charge in [0.1, 0.15) is 11.9 Å². The van der Waals surface area contributed by atoms with Crippen LogP contribution < -0.4 is 16.0 Å². The van der Waals surface area contributed by atoms with Crippen molar-refractivity contribution in [2.75, 3.05) is 17.2 Å². The Morgan fingerprint density at radius 3 is 2.58 bits per heavy atom. The maximum Gasteiger partial charge on any atom is 0.319 e. The Balaban J connectivity index is 1.51. The lowest BCUT2D eigenvalue weighted by molar-refractivity contribution is -0.124. The van der Waals surface area contributed by atoms with Crippen molar-refractivity contribution in [1.29, 1.82) is 0 Å². The monoisotopic (exact) mass is 357 g/mol. The SMILES string of the molecule is O=C(NCc1cccc(NC(=O)[C@@H]2CCCO2)c1)Nc1cccc(F)c1. The van der Waals surface area contributed by atoms with Crippen LogP contribution in [0, 0.1) is 5.82 Å². The summed E-state index contributed by atoms with van der Waals surface area (Å²) < 4.78 is 18.5. The van der Waals surface area contributed by atoms with Gasteiger partial charge in [-0.1, -0.05) is 18.2 Å². The van der Waals surface area contributed by atoms with E-state index in [9.17, 15) is 14.0 Å². The third-order valence-electron chi connectivity index (χ3n) is 3.95. The molecular formula is C19H20FN3O3. The van der Waals surface area contributed by atoms with Crippen molar-refractivity contribution in [3.05, 3.63) is 59.9 Å². The Labute approximate surface area is 150 Å². The normalized spacial score (nSPS) is 16.1. The fraction of sp³-hybridized carbons (Fsp3) is 0.263. The number of hydrogen-bond acceptors (Lipinski definition) is 3. The number of nitrogens with one attached hydrogen (secondary N) is 3. The lowest BCUT2D eigenvalue weighted by Crippen LogP contribution is -2.28. The first-order valence-electron chi connectivity index (χ1n) is 8.42. The van der Waals surface area contributed by atoms with E-state index in [-0.39, 0.29) is 12.5 Å². The summed E-state index contributed by atoms with van der Waals surface area (Å²) in [4.78, 5) is 24.0. The maximum atomic E-state index is 13.1. The average Bonchev–Trinajstić information content (AvgIpc) is 3.15. The van der Waals surface area contributed by atoms with Gasteiger partial charge in [-0.2, -0.15) is 0 Å². The molecule has 26 heavy (non-hydrogen) atoms. The molecule has 3 N–H and O–H groups in total. The topological polar surface area (TPSA) is 79.5 Å².